The van der Waals surface area contributed by atoms with Gasteiger partial charge in [0.1, 0.15) is 5.75 Å². The predicted molar refractivity (Wildman–Crippen MR) is 117 cm³/mol. The number of carbonyl (C=O) groups is 1. The second-order valence-electron chi connectivity index (χ2n) is 6.45. The van der Waals surface area contributed by atoms with Crippen LogP contribution in [-0.2, 0) is 0 Å². The quantitative estimate of drug-likeness (QED) is 0.540. The Kier molecular flexibility index (Phi) is 6.86. The first-order valence-corrected chi connectivity index (χ1v) is 9.51. The molecule has 0 aromatic heterocycles. The zero-order valence-electron chi connectivity index (χ0n) is 16.3. The van der Waals surface area contributed by atoms with Gasteiger partial charge < -0.3 is 9.84 Å². The van der Waals surface area contributed by atoms with E-state index in [4.69, 9.17) is 9.84 Å². The van der Waals surface area contributed by atoms with Gasteiger partial charge in [-0.25, -0.2) is 4.79 Å². The fraction of sp³-hybridized carbons (Fsp3) is 0.115. The molecule has 0 spiro atoms. The molecule has 0 amide bonds. The Labute approximate surface area is 171 Å². The molecular formula is C26H22O3. The largest absolute Gasteiger partial charge is 0.494 e. The van der Waals surface area contributed by atoms with E-state index >= 15 is 0 Å². The van der Waals surface area contributed by atoms with E-state index in [2.05, 4.69) is 43.0 Å². The van der Waals surface area contributed by atoms with Crippen LogP contribution in [-0.4, -0.2) is 17.7 Å². The summed E-state index contributed by atoms with van der Waals surface area (Å²) in [6.07, 6.45) is 4.78. The molecule has 3 aromatic carbocycles. The van der Waals surface area contributed by atoms with E-state index in [1.165, 1.54) is 0 Å². The smallest absolute Gasteiger partial charge is 0.335 e. The standard InChI is InChI=1S/C26H22O3/c1-2-19-29-24-17-15-22(16-18-24)25-10-6-5-9-21(25)8-4-3-7-20-11-13-23(14-12-20)26(27)28/h4-6,8-18H,2,19H2,1H3,(H,27,28). The van der Waals surface area contributed by atoms with Gasteiger partial charge >= 0.3 is 5.97 Å². The molecule has 0 aliphatic rings. The average Bonchev–Trinajstić information content (AvgIpc) is 2.76. The summed E-state index contributed by atoms with van der Waals surface area (Å²) in [5.74, 6) is 5.97. The Morgan fingerprint density at radius 3 is 2.41 bits per heavy atom. The Hall–Kier alpha value is -3.77. The van der Waals surface area contributed by atoms with Crippen molar-refractivity contribution in [1.29, 1.82) is 0 Å². The van der Waals surface area contributed by atoms with Crippen molar-refractivity contribution in [3.05, 3.63) is 95.6 Å². The van der Waals surface area contributed by atoms with Crippen molar-refractivity contribution in [1.82, 2.24) is 0 Å². The van der Waals surface area contributed by atoms with Crippen LogP contribution in [0, 0.1) is 11.8 Å². The molecule has 1 N–H and O–H groups in total. The van der Waals surface area contributed by atoms with Crippen molar-refractivity contribution >= 4 is 12.0 Å². The fourth-order valence-corrected chi connectivity index (χ4v) is 2.81. The molecule has 3 aromatic rings. The van der Waals surface area contributed by atoms with Crippen LogP contribution in [0.3, 0.4) is 0 Å². The van der Waals surface area contributed by atoms with Crippen molar-refractivity contribution in [2.45, 2.75) is 13.3 Å². The van der Waals surface area contributed by atoms with E-state index < -0.39 is 5.97 Å². The third kappa shape index (κ3) is 5.60. The number of aromatic carboxylic acids is 1. The minimum Gasteiger partial charge on any atom is -0.494 e. The highest BCUT2D eigenvalue weighted by atomic mass is 16.5. The molecule has 3 rings (SSSR count). The number of allylic oxidation sites excluding steroid dienone is 1. The van der Waals surface area contributed by atoms with E-state index in [1.807, 2.05) is 36.4 Å². The Bertz CT molecular complexity index is 1050. The number of ether oxygens (including phenoxy) is 1. The number of carboxylic acids is 1. The number of hydrogen-bond acceptors (Lipinski definition) is 2. The summed E-state index contributed by atoms with van der Waals surface area (Å²) in [5.41, 5.74) is 4.34. The highest BCUT2D eigenvalue weighted by Crippen LogP contribution is 2.26. The maximum absolute atomic E-state index is 10.9. The summed E-state index contributed by atoms with van der Waals surface area (Å²) < 4.78 is 5.65. The summed E-state index contributed by atoms with van der Waals surface area (Å²) in [6.45, 7) is 2.81. The van der Waals surface area contributed by atoms with Crippen LogP contribution >= 0.6 is 0 Å². The fourth-order valence-electron chi connectivity index (χ4n) is 2.81. The molecule has 0 aliphatic heterocycles. The van der Waals surface area contributed by atoms with Gasteiger partial charge in [-0.1, -0.05) is 55.2 Å². The molecule has 3 heteroatoms. The molecule has 144 valence electrons. The van der Waals surface area contributed by atoms with Gasteiger partial charge in [-0.15, -0.1) is 0 Å². The Morgan fingerprint density at radius 2 is 1.72 bits per heavy atom. The summed E-state index contributed by atoms with van der Waals surface area (Å²) in [5, 5.41) is 8.93. The first-order valence-electron chi connectivity index (χ1n) is 9.51. The molecule has 0 saturated heterocycles. The molecule has 0 fully saturated rings. The minimum atomic E-state index is -0.939. The lowest BCUT2D eigenvalue weighted by atomic mass is 9.99. The van der Waals surface area contributed by atoms with Gasteiger partial charge in [-0.3, -0.25) is 0 Å². The van der Waals surface area contributed by atoms with Gasteiger partial charge in [0, 0.05) is 5.56 Å². The van der Waals surface area contributed by atoms with Gasteiger partial charge in [0.05, 0.1) is 12.2 Å². The van der Waals surface area contributed by atoms with Crippen LogP contribution in [0.15, 0.2) is 78.9 Å². The zero-order chi connectivity index (χ0) is 20.5. The maximum Gasteiger partial charge on any atom is 0.335 e. The highest BCUT2D eigenvalue weighted by Gasteiger charge is 2.03. The third-order valence-corrected chi connectivity index (χ3v) is 4.29. The molecule has 3 nitrogen and oxygen atoms in total. The van der Waals surface area contributed by atoms with Crippen LogP contribution in [0.5, 0.6) is 5.75 Å². The lowest BCUT2D eigenvalue weighted by Gasteiger charge is -2.08. The number of hydrogen-bond donors (Lipinski definition) is 1. The monoisotopic (exact) mass is 382 g/mol. The molecular weight excluding hydrogens is 360 g/mol. The van der Waals surface area contributed by atoms with Crippen molar-refractivity contribution < 1.29 is 14.6 Å². The molecule has 0 heterocycles. The molecule has 29 heavy (non-hydrogen) atoms. The van der Waals surface area contributed by atoms with Gasteiger partial charge in [0.25, 0.3) is 0 Å². The Balaban J connectivity index is 1.75. The van der Waals surface area contributed by atoms with Crippen molar-refractivity contribution in [3.63, 3.8) is 0 Å². The first-order chi connectivity index (χ1) is 14.2. The molecule has 0 atom stereocenters. The molecule has 0 saturated carbocycles. The molecule has 0 aliphatic carbocycles. The summed E-state index contributed by atoms with van der Waals surface area (Å²) in [6, 6.07) is 22.8. The number of rotatable bonds is 6. The second kappa shape index (κ2) is 9.96. The predicted octanol–water partition coefficient (Wildman–Crippen LogP) is 5.91. The summed E-state index contributed by atoms with van der Waals surface area (Å²) >= 11 is 0. The van der Waals surface area contributed by atoms with Gasteiger partial charge in [0.2, 0.25) is 0 Å². The van der Waals surface area contributed by atoms with E-state index in [-0.39, 0.29) is 5.56 Å². The first kappa shape index (κ1) is 20.0. The number of benzene rings is 3. The molecule has 0 bridgehead atoms. The lowest BCUT2D eigenvalue weighted by molar-refractivity contribution is 0.0697. The van der Waals surface area contributed by atoms with Crippen LogP contribution in [0.2, 0.25) is 0 Å². The summed E-state index contributed by atoms with van der Waals surface area (Å²) in [4.78, 5) is 10.9. The maximum atomic E-state index is 10.9. The normalized spacial score (nSPS) is 10.4. The van der Waals surface area contributed by atoms with Crippen molar-refractivity contribution in [2.24, 2.45) is 0 Å². The van der Waals surface area contributed by atoms with Crippen LogP contribution in [0.4, 0.5) is 0 Å². The minimum absolute atomic E-state index is 0.256. The van der Waals surface area contributed by atoms with Gasteiger partial charge in [-0.05, 0) is 71.7 Å². The average molecular weight is 382 g/mol. The van der Waals surface area contributed by atoms with E-state index in [0.29, 0.717) is 0 Å². The number of carboxylic acid groups (broad SMARTS) is 1. The second-order valence-corrected chi connectivity index (χ2v) is 6.45. The van der Waals surface area contributed by atoms with Gasteiger partial charge in [0.15, 0.2) is 0 Å². The van der Waals surface area contributed by atoms with Crippen LogP contribution in [0.1, 0.15) is 34.8 Å². The van der Waals surface area contributed by atoms with E-state index in [9.17, 15) is 4.79 Å². The van der Waals surface area contributed by atoms with Crippen LogP contribution in [0.25, 0.3) is 17.2 Å². The molecule has 0 unspecified atom stereocenters. The van der Waals surface area contributed by atoms with Crippen molar-refractivity contribution in [3.8, 4) is 28.7 Å². The Morgan fingerprint density at radius 1 is 1.00 bits per heavy atom. The van der Waals surface area contributed by atoms with Gasteiger partial charge in [-0.2, -0.15) is 0 Å². The highest BCUT2D eigenvalue weighted by molar-refractivity contribution is 5.87. The molecule has 0 radical (unpaired) electrons. The van der Waals surface area contributed by atoms with Crippen LogP contribution < -0.4 is 4.74 Å². The SMILES string of the molecule is CCCOc1ccc(-c2ccccc2C=CC#Cc2ccc(C(=O)O)cc2)cc1. The van der Waals surface area contributed by atoms with Crippen molar-refractivity contribution in [2.75, 3.05) is 6.61 Å². The summed E-state index contributed by atoms with van der Waals surface area (Å²) in [7, 11) is 0. The zero-order valence-corrected chi connectivity index (χ0v) is 16.3. The van der Waals surface area contributed by atoms with E-state index in [1.54, 1.807) is 24.3 Å². The topological polar surface area (TPSA) is 46.5 Å². The third-order valence-electron chi connectivity index (χ3n) is 4.29. The lowest BCUT2D eigenvalue weighted by Crippen LogP contribution is -1.94. The van der Waals surface area contributed by atoms with E-state index in [0.717, 1.165) is 41.0 Å².